The smallest absolute Gasteiger partial charge is 0.155 e. The van der Waals surface area contributed by atoms with E-state index in [0.29, 0.717) is 13.2 Å². The molecule has 0 aliphatic heterocycles. The van der Waals surface area contributed by atoms with Gasteiger partial charge in [0.2, 0.25) is 0 Å². The molecule has 0 saturated heterocycles. The van der Waals surface area contributed by atoms with Crippen molar-refractivity contribution in [3.05, 3.63) is 12.7 Å². The van der Waals surface area contributed by atoms with Crippen molar-refractivity contribution in [1.29, 1.82) is 0 Å². The van der Waals surface area contributed by atoms with E-state index in [0.717, 1.165) is 0 Å². The zero-order valence-electron chi connectivity index (χ0n) is 6.25. The van der Waals surface area contributed by atoms with E-state index < -0.39 is 0 Å². The fourth-order valence-electron chi connectivity index (χ4n) is 0.470. The molecule has 60 valence electrons. The number of hydrogen-bond donors (Lipinski definition) is 1. The van der Waals surface area contributed by atoms with E-state index in [2.05, 4.69) is 6.58 Å². The summed E-state index contributed by atoms with van der Waals surface area (Å²) in [5.74, 6) is 0. The Hall–Kier alpha value is -0.380. The molecule has 0 fully saturated rings. The predicted molar refractivity (Wildman–Crippen MR) is 38.6 cm³/mol. The fourth-order valence-corrected chi connectivity index (χ4v) is 0.470. The number of ether oxygens (including phenoxy) is 2. The number of rotatable bonds is 6. The highest BCUT2D eigenvalue weighted by molar-refractivity contribution is 4.63. The van der Waals surface area contributed by atoms with Gasteiger partial charge in [-0.3, -0.25) is 0 Å². The first-order valence-electron chi connectivity index (χ1n) is 3.26. The van der Waals surface area contributed by atoms with E-state index in [1.807, 2.05) is 0 Å². The molecule has 0 radical (unpaired) electrons. The molecular formula is C7H14O3. The second-order valence-electron chi connectivity index (χ2n) is 1.78. The maximum absolute atomic E-state index is 8.34. The molecule has 0 amide bonds. The Balaban J connectivity index is 3.07. The largest absolute Gasteiger partial charge is 0.394 e. The Morgan fingerprint density at radius 1 is 1.60 bits per heavy atom. The molecule has 0 spiro atoms. The molecular weight excluding hydrogens is 132 g/mol. The average Bonchev–Trinajstić information content (AvgIpc) is 1.97. The van der Waals surface area contributed by atoms with Crippen molar-refractivity contribution in [2.24, 2.45) is 0 Å². The summed E-state index contributed by atoms with van der Waals surface area (Å²) in [4.78, 5) is 0. The Bertz CT molecular complexity index is 82.9. The highest BCUT2D eigenvalue weighted by Gasteiger charge is 1.97. The van der Waals surface area contributed by atoms with Crippen LogP contribution in [0.15, 0.2) is 12.7 Å². The van der Waals surface area contributed by atoms with Crippen LogP contribution in [-0.4, -0.2) is 31.2 Å². The molecule has 0 rings (SSSR count). The lowest BCUT2D eigenvalue weighted by molar-refractivity contribution is -0.128. The van der Waals surface area contributed by atoms with Crippen LogP contribution in [0.25, 0.3) is 0 Å². The van der Waals surface area contributed by atoms with Crippen LogP contribution in [0.2, 0.25) is 0 Å². The summed E-state index contributed by atoms with van der Waals surface area (Å²) in [6, 6.07) is 0. The topological polar surface area (TPSA) is 38.7 Å². The van der Waals surface area contributed by atoms with Crippen LogP contribution < -0.4 is 0 Å². The fraction of sp³-hybridized carbons (Fsp3) is 0.714. The van der Waals surface area contributed by atoms with Crippen molar-refractivity contribution in [1.82, 2.24) is 0 Å². The zero-order valence-corrected chi connectivity index (χ0v) is 6.25. The first-order valence-corrected chi connectivity index (χ1v) is 3.26. The SMILES string of the molecule is C=CCOC(C)OCCO. The van der Waals surface area contributed by atoms with Gasteiger partial charge in [0.05, 0.1) is 19.8 Å². The molecule has 0 saturated carbocycles. The molecule has 10 heavy (non-hydrogen) atoms. The third-order valence-electron chi connectivity index (χ3n) is 0.893. The van der Waals surface area contributed by atoms with Gasteiger partial charge in [0.25, 0.3) is 0 Å². The third-order valence-corrected chi connectivity index (χ3v) is 0.893. The van der Waals surface area contributed by atoms with Crippen molar-refractivity contribution in [3.8, 4) is 0 Å². The van der Waals surface area contributed by atoms with Gasteiger partial charge >= 0.3 is 0 Å². The molecule has 3 nitrogen and oxygen atoms in total. The standard InChI is InChI=1S/C7H14O3/c1-3-5-9-7(2)10-6-4-8/h3,7-8H,1,4-6H2,2H3. The van der Waals surface area contributed by atoms with E-state index >= 15 is 0 Å². The van der Waals surface area contributed by atoms with Crippen molar-refractivity contribution < 1.29 is 14.6 Å². The molecule has 1 unspecified atom stereocenters. The minimum Gasteiger partial charge on any atom is -0.394 e. The second kappa shape index (κ2) is 6.74. The summed E-state index contributed by atoms with van der Waals surface area (Å²) >= 11 is 0. The molecule has 1 N–H and O–H groups in total. The Kier molecular flexibility index (Phi) is 6.48. The average molecular weight is 146 g/mol. The molecule has 0 aromatic heterocycles. The number of hydrogen-bond acceptors (Lipinski definition) is 3. The van der Waals surface area contributed by atoms with Gasteiger partial charge in [-0.25, -0.2) is 0 Å². The van der Waals surface area contributed by atoms with E-state index in [1.54, 1.807) is 13.0 Å². The molecule has 0 aliphatic carbocycles. The third kappa shape index (κ3) is 5.75. The predicted octanol–water partition coefficient (Wildman–Crippen LogP) is 0.544. The lowest BCUT2D eigenvalue weighted by atomic mass is 10.6. The van der Waals surface area contributed by atoms with Gasteiger partial charge in [0, 0.05) is 0 Å². The molecule has 1 atom stereocenters. The highest BCUT2D eigenvalue weighted by atomic mass is 16.7. The van der Waals surface area contributed by atoms with Gasteiger partial charge in [-0.2, -0.15) is 0 Å². The van der Waals surface area contributed by atoms with Crippen molar-refractivity contribution in [2.75, 3.05) is 19.8 Å². The maximum Gasteiger partial charge on any atom is 0.155 e. The van der Waals surface area contributed by atoms with Gasteiger partial charge in [-0.05, 0) is 6.92 Å². The van der Waals surface area contributed by atoms with Crippen molar-refractivity contribution in [2.45, 2.75) is 13.2 Å². The van der Waals surface area contributed by atoms with Crippen LogP contribution in [0.1, 0.15) is 6.92 Å². The maximum atomic E-state index is 8.34. The normalized spacial score (nSPS) is 13.0. The highest BCUT2D eigenvalue weighted by Crippen LogP contribution is 1.91. The summed E-state index contributed by atoms with van der Waals surface area (Å²) < 4.78 is 10.0. The van der Waals surface area contributed by atoms with Crippen LogP contribution in [0.3, 0.4) is 0 Å². The van der Waals surface area contributed by atoms with Crippen LogP contribution in [0.5, 0.6) is 0 Å². The van der Waals surface area contributed by atoms with Crippen LogP contribution in [-0.2, 0) is 9.47 Å². The summed E-state index contributed by atoms with van der Waals surface area (Å²) in [7, 11) is 0. The summed E-state index contributed by atoms with van der Waals surface area (Å²) in [6.45, 7) is 6.09. The van der Waals surface area contributed by atoms with Crippen molar-refractivity contribution in [3.63, 3.8) is 0 Å². The molecule has 0 aromatic carbocycles. The molecule has 0 heterocycles. The molecule has 0 bridgehead atoms. The van der Waals surface area contributed by atoms with E-state index in [9.17, 15) is 0 Å². The molecule has 0 aliphatic rings. The van der Waals surface area contributed by atoms with Crippen LogP contribution in [0.4, 0.5) is 0 Å². The summed E-state index contributed by atoms with van der Waals surface area (Å²) in [5.41, 5.74) is 0. The molecule has 3 heteroatoms. The second-order valence-corrected chi connectivity index (χ2v) is 1.78. The van der Waals surface area contributed by atoms with E-state index in [1.165, 1.54) is 0 Å². The van der Waals surface area contributed by atoms with Crippen LogP contribution in [0, 0.1) is 0 Å². The quantitative estimate of drug-likeness (QED) is 0.439. The van der Waals surface area contributed by atoms with Gasteiger partial charge < -0.3 is 14.6 Å². The number of aliphatic hydroxyl groups excluding tert-OH is 1. The van der Waals surface area contributed by atoms with Gasteiger partial charge in [0.15, 0.2) is 6.29 Å². The van der Waals surface area contributed by atoms with E-state index in [-0.39, 0.29) is 12.9 Å². The lowest BCUT2D eigenvalue weighted by Gasteiger charge is -2.10. The first kappa shape index (κ1) is 9.62. The summed E-state index contributed by atoms with van der Waals surface area (Å²) in [5, 5.41) is 8.34. The van der Waals surface area contributed by atoms with Crippen molar-refractivity contribution >= 4 is 0 Å². The Morgan fingerprint density at radius 2 is 2.30 bits per heavy atom. The minimum absolute atomic E-state index is 0.0296. The number of aliphatic hydroxyl groups is 1. The lowest BCUT2D eigenvalue weighted by Crippen LogP contribution is -2.15. The zero-order chi connectivity index (χ0) is 7.82. The monoisotopic (exact) mass is 146 g/mol. The Morgan fingerprint density at radius 3 is 2.80 bits per heavy atom. The van der Waals surface area contributed by atoms with Crippen LogP contribution >= 0.6 is 0 Å². The van der Waals surface area contributed by atoms with Gasteiger partial charge in [-0.1, -0.05) is 6.08 Å². The summed E-state index contributed by atoms with van der Waals surface area (Å²) in [6.07, 6.45) is 1.39. The molecule has 0 aromatic rings. The van der Waals surface area contributed by atoms with E-state index in [4.69, 9.17) is 14.6 Å². The minimum atomic E-state index is -0.259. The first-order chi connectivity index (χ1) is 4.81. The Labute approximate surface area is 61.3 Å². The van der Waals surface area contributed by atoms with Gasteiger partial charge in [0.1, 0.15) is 0 Å². The van der Waals surface area contributed by atoms with Gasteiger partial charge in [-0.15, -0.1) is 6.58 Å².